The molecule has 1 aromatic rings. The van der Waals surface area contributed by atoms with Crippen LogP contribution in [-0.2, 0) is 4.79 Å². The van der Waals surface area contributed by atoms with E-state index >= 15 is 0 Å². The smallest absolute Gasteiger partial charge is 0.239 e. The van der Waals surface area contributed by atoms with E-state index in [4.69, 9.17) is 0 Å². The summed E-state index contributed by atoms with van der Waals surface area (Å²) >= 11 is 3.49. The zero-order valence-electron chi connectivity index (χ0n) is 11.4. The molecule has 1 aliphatic rings. The van der Waals surface area contributed by atoms with Crippen LogP contribution < -0.4 is 16.2 Å². The Morgan fingerprint density at radius 1 is 1.50 bits per heavy atom. The predicted molar refractivity (Wildman–Crippen MR) is 80.9 cm³/mol. The van der Waals surface area contributed by atoms with Crippen molar-refractivity contribution < 1.29 is 9.90 Å². The highest BCUT2D eigenvalue weighted by Gasteiger charge is 2.28. The summed E-state index contributed by atoms with van der Waals surface area (Å²) in [6, 6.07) is 7.60. The van der Waals surface area contributed by atoms with Gasteiger partial charge in [0, 0.05) is 17.1 Å². The summed E-state index contributed by atoms with van der Waals surface area (Å²) in [7, 11) is 0. The van der Waals surface area contributed by atoms with Gasteiger partial charge in [-0.25, -0.2) is 5.43 Å². The Hall–Kier alpha value is -0.950. The zero-order valence-corrected chi connectivity index (χ0v) is 13.0. The van der Waals surface area contributed by atoms with Gasteiger partial charge in [0.1, 0.15) is 6.04 Å². The van der Waals surface area contributed by atoms with Crippen molar-refractivity contribution in [3.8, 4) is 0 Å². The Labute approximate surface area is 127 Å². The lowest BCUT2D eigenvalue weighted by molar-refractivity contribution is -0.123. The molecule has 3 atom stereocenters. The van der Waals surface area contributed by atoms with E-state index in [0.29, 0.717) is 6.42 Å². The Morgan fingerprint density at radius 3 is 2.85 bits per heavy atom. The SMILES string of the molecule is CC1CC(C(=O)NC(CCO)c2ccccc2Br)NN1. The maximum atomic E-state index is 12.3. The predicted octanol–water partition coefficient (Wildman–Crippen LogP) is 1.24. The molecule has 1 amide bonds. The molecule has 1 saturated heterocycles. The number of hydrogen-bond acceptors (Lipinski definition) is 4. The van der Waals surface area contributed by atoms with Crippen LogP contribution in [0.25, 0.3) is 0 Å². The molecule has 0 radical (unpaired) electrons. The van der Waals surface area contributed by atoms with Gasteiger partial charge in [0.05, 0.1) is 6.04 Å². The van der Waals surface area contributed by atoms with Crippen LogP contribution in [0.15, 0.2) is 28.7 Å². The van der Waals surface area contributed by atoms with Crippen LogP contribution in [0.5, 0.6) is 0 Å². The van der Waals surface area contributed by atoms with Crippen molar-refractivity contribution in [2.45, 2.75) is 37.9 Å². The molecule has 20 heavy (non-hydrogen) atoms. The first-order valence-electron chi connectivity index (χ1n) is 6.78. The number of hydrogen-bond donors (Lipinski definition) is 4. The van der Waals surface area contributed by atoms with Gasteiger partial charge in [-0.3, -0.25) is 10.2 Å². The molecule has 2 rings (SSSR count). The zero-order chi connectivity index (χ0) is 14.5. The molecule has 0 saturated carbocycles. The average molecular weight is 342 g/mol. The lowest BCUT2D eigenvalue weighted by Gasteiger charge is -2.21. The number of carbonyl (C=O) groups excluding carboxylic acids is 1. The van der Waals surface area contributed by atoms with Crippen LogP contribution in [0.3, 0.4) is 0 Å². The number of carbonyl (C=O) groups is 1. The van der Waals surface area contributed by atoms with Gasteiger partial charge < -0.3 is 10.4 Å². The van der Waals surface area contributed by atoms with Crippen molar-refractivity contribution in [3.63, 3.8) is 0 Å². The topological polar surface area (TPSA) is 73.4 Å². The molecule has 0 aromatic heterocycles. The molecule has 4 N–H and O–H groups in total. The Bertz CT molecular complexity index is 469. The minimum Gasteiger partial charge on any atom is -0.396 e. The number of rotatable bonds is 5. The van der Waals surface area contributed by atoms with Gasteiger partial charge in [0.25, 0.3) is 0 Å². The van der Waals surface area contributed by atoms with Crippen LogP contribution in [0, 0.1) is 0 Å². The highest BCUT2D eigenvalue weighted by atomic mass is 79.9. The van der Waals surface area contributed by atoms with E-state index in [-0.39, 0.29) is 30.6 Å². The lowest BCUT2D eigenvalue weighted by Crippen LogP contribution is -2.44. The molecule has 1 aromatic carbocycles. The van der Waals surface area contributed by atoms with Crippen molar-refractivity contribution in [3.05, 3.63) is 34.3 Å². The third kappa shape index (κ3) is 3.79. The highest BCUT2D eigenvalue weighted by molar-refractivity contribution is 9.10. The second-order valence-corrected chi connectivity index (χ2v) is 5.93. The Kier molecular flexibility index (Phi) is 5.54. The summed E-state index contributed by atoms with van der Waals surface area (Å²) in [5.74, 6) is -0.0453. The van der Waals surface area contributed by atoms with E-state index in [1.165, 1.54) is 0 Å². The standard InChI is InChI=1S/C14H20BrN3O2/c1-9-8-13(18-17-9)14(20)16-12(6-7-19)10-4-2-3-5-11(10)15/h2-5,9,12-13,17-19H,6-8H2,1H3,(H,16,20). The molecule has 0 bridgehead atoms. The molecular formula is C14H20BrN3O2. The third-order valence-electron chi connectivity index (χ3n) is 3.42. The molecular weight excluding hydrogens is 322 g/mol. The van der Waals surface area contributed by atoms with Crippen LogP contribution in [0.2, 0.25) is 0 Å². The maximum absolute atomic E-state index is 12.3. The molecule has 0 spiro atoms. The van der Waals surface area contributed by atoms with Crippen LogP contribution in [0.1, 0.15) is 31.4 Å². The molecule has 110 valence electrons. The summed E-state index contributed by atoms with van der Waals surface area (Å²) in [4.78, 5) is 12.3. The van der Waals surface area contributed by atoms with E-state index in [2.05, 4.69) is 32.1 Å². The van der Waals surface area contributed by atoms with Crippen molar-refractivity contribution in [2.75, 3.05) is 6.61 Å². The number of hydrazine groups is 1. The van der Waals surface area contributed by atoms with Gasteiger partial charge in [0.2, 0.25) is 5.91 Å². The third-order valence-corrected chi connectivity index (χ3v) is 4.15. The molecule has 0 aliphatic carbocycles. The van der Waals surface area contributed by atoms with Gasteiger partial charge >= 0.3 is 0 Å². The van der Waals surface area contributed by atoms with Gasteiger partial charge in [-0.1, -0.05) is 34.1 Å². The first-order valence-corrected chi connectivity index (χ1v) is 7.58. The number of benzene rings is 1. The molecule has 5 nitrogen and oxygen atoms in total. The second-order valence-electron chi connectivity index (χ2n) is 5.07. The monoisotopic (exact) mass is 341 g/mol. The second kappa shape index (κ2) is 7.17. The van der Waals surface area contributed by atoms with Gasteiger partial charge in [-0.15, -0.1) is 0 Å². The summed E-state index contributed by atoms with van der Waals surface area (Å²) in [6.45, 7) is 2.05. The minimum atomic E-state index is -0.228. The molecule has 6 heteroatoms. The lowest BCUT2D eigenvalue weighted by atomic mass is 10.0. The normalized spacial score (nSPS) is 23.6. The fraction of sp³-hybridized carbons (Fsp3) is 0.500. The molecule has 1 aliphatic heterocycles. The van der Waals surface area contributed by atoms with Crippen LogP contribution in [0.4, 0.5) is 0 Å². The number of amides is 1. The molecule has 3 unspecified atom stereocenters. The Morgan fingerprint density at radius 2 is 2.25 bits per heavy atom. The molecule has 1 heterocycles. The van der Waals surface area contributed by atoms with Gasteiger partial charge in [-0.05, 0) is 31.4 Å². The van der Waals surface area contributed by atoms with Crippen LogP contribution in [-0.4, -0.2) is 29.7 Å². The average Bonchev–Trinajstić information content (AvgIpc) is 2.86. The van der Waals surface area contributed by atoms with Crippen molar-refractivity contribution in [1.29, 1.82) is 0 Å². The fourth-order valence-electron chi connectivity index (χ4n) is 2.35. The van der Waals surface area contributed by atoms with Crippen molar-refractivity contribution in [2.24, 2.45) is 0 Å². The summed E-state index contributed by atoms with van der Waals surface area (Å²) in [5, 5.41) is 12.2. The molecule has 1 fully saturated rings. The maximum Gasteiger partial charge on any atom is 0.239 e. The summed E-state index contributed by atoms with van der Waals surface area (Å²) in [6.07, 6.45) is 1.25. The minimum absolute atomic E-state index is 0.0268. The van der Waals surface area contributed by atoms with Gasteiger partial charge in [-0.2, -0.15) is 0 Å². The fourth-order valence-corrected chi connectivity index (χ4v) is 2.91. The van der Waals surface area contributed by atoms with E-state index in [1.54, 1.807) is 0 Å². The van der Waals surface area contributed by atoms with Crippen molar-refractivity contribution in [1.82, 2.24) is 16.2 Å². The quantitative estimate of drug-likeness (QED) is 0.650. The van der Waals surface area contributed by atoms with E-state index in [1.807, 2.05) is 31.2 Å². The van der Waals surface area contributed by atoms with Crippen molar-refractivity contribution >= 4 is 21.8 Å². The number of halogens is 1. The first-order chi connectivity index (χ1) is 9.61. The first kappa shape index (κ1) is 15.4. The highest BCUT2D eigenvalue weighted by Crippen LogP contribution is 2.25. The van der Waals surface area contributed by atoms with E-state index in [9.17, 15) is 9.90 Å². The van der Waals surface area contributed by atoms with Crippen LogP contribution >= 0.6 is 15.9 Å². The largest absolute Gasteiger partial charge is 0.396 e. The van der Waals surface area contributed by atoms with E-state index in [0.717, 1.165) is 16.5 Å². The summed E-state index contributed by atoms with van der Waals surface area (Å²) < 4.78 is 0.935. The number of aliphatic hydroxyl groups is 1. The number of nitrogens with one attached hydrogen (secondary N) is 3. The van der Waals surface area contributed by atoms with Gasteiger partial charge in [0.15, 0.2) is 0 Å². The Balaban J connectivity index is 2.06. The van der Waals surface area contributed by atoms with E-state index < -0.39 is 0 Å². The number of aliphatic hydroxyl groups excluding tert-OH is 1. The summed E-state index contributed by atoms with van der Waals surface area (Å²) in [5.41, 5.74) is 7.00.